The second kappa shape index (κ2) is 5.00. The van der Waals surface area contributed by atoms with Crippen molar-refractivity contribution in [3.05, 3.63) is 40.1 Å². The molecule has 0 atom stereocenters. The fourth-order valence-corrected chi connectivity index (χ4v) is 3.80. The molecule has 0 aliphatic heterocycles. The Kier molecular flexibility index (Phi) is 3.38. The van der Waals surface area contributed by atoms with Crippen molar-refractivity contribution in [2.75, 3.05) is 0 Å². The van der Waals surface area contributed by atoms with Gasteiger partial charge in [0.2, 0.25) is 0 Å². The zero-order chi connectivity index (χ0) is 12.5. The maximum absolute atomic E-state index is 5.81. The van der Waals surface area contributed by atoms with Crippen molar-refractivity contribution in [3.63, 3.8) is 0 Å². The second-order valence-electron chi connectivity index (χ2n) is 3.52. The third kappa shape index (κ3) is 2.07. The monoisotopic (exact) mass is 340 g/mol. The van der Waals surface area contributed by atoms with E-state index < -0.39 is 0 Å². The molecule has 0 spiro atoms. The number of nitrogens with zero attached hydrogens (tertiary/aromatic N) is 3. The van der Waals surface area contributed by atoms with Gasteiger partial charge in [-0.2, -0.15) is 0 Å². The lowest BCUT2D eigenvalue weighted by Crippen LogP contribution is -2.01. The lowest BCUT2D eigenvalue weighted by molar-refractivity contribution is 0.922. The zero-order valence-electron chi connectivity index (χ0n) is 9.21. The summed E-state index contributed by atoms with van der Waals surface area (Å²) in [5, 5.41) is 3.83. The summed E-state index contributed by atoms with van der Waals surface area (Å²) >= 11 is 6.62. The first-order valence-electron chi connectivity index (χ1n) is 5.22. The van der Waals surface area contributed by atoms with E-state index in [-0.39, 0.29) is 0 Å². The first-order chi connectivity index (χ1) is 8.79. The summed E-state index contributed by atoms with van der Waals surface area (Å²) in [4.78, 5) is 9.88. The Morgan fingerprint density at radius 2 is 2.33 bits per heavy atom. The molecule has 0 saturated carbocycles. The summed E-state index contributed by atoms with van der Waals surface area (Å²) in [6.07, 6.45) is 3.76. The standard InChI is InChI=1S/C11H9BrN4S2/c12-7-2-1-3-14-9(7)18-10-8(6-13)16-4-5-17-11(16)15-10/h1-5H,6,13H2. The molecule has 0 aliphatic carbocycles. The SMILES string of the molecule is NCc1c(Sc2ncccc2Br)nc2sccn12. The number of rotatable bonds is 3. The molecule has 0 aromatic carbocycles. The van der Waals surface area contributed by atoms with Crippen LogP contribution in [0.3, 0.4) is 0 Å². The van der Waals surface area contributed by atoms with Crippen LogP contribution in [-0.4, -0.2) is 14.4 Å². The van der Waals surface area contributed by atoms with Gasteiger partial charge >= 0.3 is 0 Å². The van der Waals surface area contributed by atoms with Gasteiger partial charge in [0.25, 0.3) is 0 Å². The van der Waals surface area contributed by atoms with Crippen LogP contribution in [0.15, 0.2) is 44.4 Å². The number of thiazole rings is 1. The molecule has 0 aliphatic rings. The molecular weight excluding hydrogens is 332 g/mol. The highest BCUT2D eigenvalue weighted by molar-refractivity contribution is 9.10. The van der Waals surface area contributed by atoms with Crippen molar-refractivity contribution < 1.29 is 0 Å². The molecule has 0 unspecified atom stereocenters. The highest BCUT2D eigenvalue weighted by Gasteiger charge is 2.14. The van der Waals surface area contributed by atoms with E-state index in [1.54, 1.807) is 17.5 Å². The van der Waals surface area contributed by atoms with Gasteiger partial charge in [0, 0.05) is 24.3 Å². The number of imidazole rings is 1. The predicted octanol–water partition coefficient (Wildman–Crippen LogP) is 3.16. The average Bonchev–Trinajstić information content (AvgIpc) is 2.92. The van der Waals surface area contributed by atoms with E-state index in [0.29, 0.717) is 6.54 Å². The molecule has 0 fully saturated rings. The fraction of sp³-hybridized carbons (Fsp3) is 0.0909. The summed E-state index contributed by atoms with van der Waals surface area (Å²) in [6.45, 7) is 0.463. The van der Waals surface area contributed by atoms with Crippen LogP contribution in [0.5, 0.6) is 0 Å². The fourth-order valence-electron chi connectivity index (χ4n) is 1.62. The van der Waals surface area contributed by atoms with Gasteiger partial charge in [-0.15, -0.1) is 11.3 Å². The van der Waals surface area contributed by atoms with Gasteiger partial charge in [-0.25, -0.2) is 9.97 Å². The van der Waals surface area contributed by atoms with Crippen LogP contribution in [0.2, 0.25) is 0 Å². The first kappa shape index (κ1) is 12.2. The van der Waals surface area contributed by atoms with E-state index in [2.05, 4.69) is 25.9 Å². The quantitative estimate of drug-likeness (QED) is 0.795. The van der Waals surface area contributed by atoms with E-state index in [9.17, 15) is 0 Å². The van der Waals surface area contributed by atoms with Gasteiger partial charge in [0.05, 0.1) is 10.2 Å². The van der Waals surface area contributed by atoms with Gasteiger partial charge in [-0.1, -0.05) is 0 Å². The predicted molar refractivity (Wildman–Crippen MR) is 77.0 cm³/mol. The van der Waals surface area contributed by atoms with Gasteiger partial charge in [-0.3, -0.25) is 4.40 Å². The van der Waals surface area contributed by atoms with Crippen molar-refractivity contribution in [2.45, 2.75) is 16.6 Å². The lowest BCUT2D eigenvalue weighted by atomic mass is 10.5. The molecule has 0 amide bonds. The van der Waals surface area contributed by atoms with Crippen LogP contribution in [0, 0.1) is 0 Å². The van der Waals surface area contributed by atoms with Gasteiger partial charge in [0.15, 0.2) is 4.96 Å². The molecule has 3 rings (SSSR count). The molecule has 3 heterocycles. The zero-order valence-corrected chi connectivity index (χ0v) is 12.4. The van der Waals surface area contributed by atoms with Gasteiger partial charge in [-0.05, 0) is 39.8 Å². The normalized spacial score (nSPS) is 11.2. The molecule has 4 nitrogen and oxygen atoms in total. The summed E-state index contributed by atoms with van der Waals surface area (Å²) in [5.74, 6) is 0. The number of fused-ring (bicyclic) bond motifs is 1. The van der Waals surface area contributed by atoms with Crippen LogP contribution in [-0.2, 0) is 6.54 Å². The third-order valence-electron chi connectivity index (χ3n) is 2.44. The smallest absolute Gasteiger partial charge is 0.194 e. The Bertz CT molecular complexity index is 691. The van der Waals surface area contributed by atoms with Crippen LogP contribution in [0.1, 0.15) is 5.69 Å². The van der Waals surface area contributed by atoms with Crippen LogP contribution in [0.25, 0.3) is 4.96 Å². The highest BCUT2D eigenvalue weighted by atomic mass is 79.9. The van der Waals surface area contributed by atoms with E-state index in [1.165, 1.54) is 11.8 Å². The summed E-state index contributed by atoms with van der Waals surface area (Å²) in [6, 6.07) is 3.86. The molecule has 18 heavy (non-hydrogen) atoms. The minimum absolute atomic E-state index is 0.463. The third-order valence-corrected chi connectivity index (χ3v) is 5.13. The molecular formula is C11H9BrN4S2. The van der Waals surface area contributed by atoms with E-state index in [1.807, 2.05) is 28.1 Å². The molecule has 92 valence electrons. The van der Waals surface area contributed by atoms with E-state index in [0.717, 1.165) is 25.2 Å². The van der Waals surface area contributed by atoms with Gasteiger partial charge in [0.1, 0.15) is 10.1 Å². The number of pyridine rings is 1. The second-order valence-corrected chi connectivity index (χ2v) is 6.22. The van der Waals surface area contributed by atoms with Crippen molar-refractivity contribution in [3.8, 4) is 0 Å². The van der Waals surface area contributed by atoms with E-state index in [4.69, 9.17) is 5.73 Å². The maximum Gasteiger partial charge on any atom is 0.194 e. The topological polar surface area (TPSA) is 56.2 Å². The number of hydrogen-bond donors (Lipinski definition) is 1. The number of halogens is 1. The van der Waals surface area contributed by atoms with Crippen LogP contribution >= 0.6 is 39.0 Å². The van der Waals surface area contributed by atoms with Gasteiger partial charge < -0.3 is 5.73 Å². The molecule has 0 radical (unpaired) electrons. The Morgan fingerprint density at radius 3 is 3.11 bits per heavy atom. The van der Waals surface area contributed by atoms with Crippen LogP contribution < -0.4 is 5.73 Å². The summed E-state index contributed by atoms with van der Waals surface area (Å²) in [5.41, 5.74) is 6.83. The van der Waals surface area contributed by atoms with Crippen LogP contribution in [0.4, 0.5) is 0 Å². The van der Waals surface area contributed by atoms with Crippen molar-refractivity contribution >= 4 is 44.0 Å². The Morgan fingerprint density at radius 1 is 1.44 bits per heavy atom. The summed E-state index contributed by atoms with van der Waals surface area (Å²) < 4.78 is 3.00. The Hall–Kier alpha value is -0.890. The molecule has 0 bridgehead atoms. The maximum atomic E-state index is 5.81. The number of aromatic nitrogens is 3. The molecule has 0 saturated heterocycles. The molecule has 7 heteroatoms. The van der Waals surface area contributed by atoms with E-state index >= 15 is 0 Å². The molecule has 2 N–H and O–H groups in total. The first-order valence-corrected chi connectivity index (χ1v) is 7.71. The molecule has 3 aromatic heterocycles. The minimum Gasteiger partial charge on any atom is -0.325 e. The largest absolute Gasteiger partial charge is 0.325 e. The number of nitrogens with two attached hydrogens (primary N) is 1. The van der Waals surface area contributed by atoms with Crippen molar-refractivity contribution in [1.29, 1.82) is 0 Å². The lowest BCUT2D eigenvalue weighted by Gasteiger charge is -2.02. The average molecular weight is 341 g/mol. The summed E-state index contributed by atoms with van der Waals surface area (Å²) in [7, 11) is 0. The molecule has 3 aromatic rings. The number of hydrogen-bond acceptors (Lipinski definition) is 5. The minimum atomic E-state index is 0.463. The Labute approximate surface area is 120 Å². The van der Waals surface area contributed by atoms with Crippen molar-refractivity contribution in [2.24, 2.45) is 5.73 Å². The highest BCUT2D eigenvalue weighted by Crippen LogP contribution is 2.34. The van der Waals surface area contributed by atoms with Crippen molar-refractivity contribution in [1.82, 2.24) is 14.4 Å². The Balaban J connectivity index is 2.04.